The smallest absolute Gasteiger partial charge is 0.407 e. The van der Waals surface area contributed by atoms with Crippen LogP contribution in [0.25, 0.3) is 0 Å². The Morgan fingerprint density at radius 1 is 0.727 bits per heavy atom. The van der Waals surface area contributed by atoms with E-state index in [1.807, 2.05) is 60.7 Å². The number of unbranched alkanes of at least 4 members (excludes halogenated alkanes) is 4. The molecular weight excluding hydrogens is 864 g/mol. The molecule has 1 aliphatic carbocycles. The van der Waals surface area contributed by atoms with Crippen LogP contribution in [0.2, 0.25) is 0 Å². The summed E-state index contributed by atoms with van der Waals surface area (Å²) in [5.41, 5.74) is 0.686. The lowest BCUT2D eigenvalue weighted by molar-refractivity contribution is -0.139. The quantitative estimate of drug-likeness (QED) is 0.0171. The van der Waals surface area contributed by atoms with Gasteiger partial charge in [0.25, 0.3) is 0 Å². The lowest BCUT2D eigenvalue weighted by Gasteiger charge is -2.42. The second kappa shape index (κ2) is 32.7. The minimum Gasteiger partial charge on any atom is -0.490 e. The molecule has 0 bridgehead atoms. The average Bonchev–Trinajstić information content (AvgIpc) is 3.31. The van der Waals surface area contributed by atoms with Gasteiger partial charge in [-0.3, -0.25) is 0 Å². The maximum atomic E-state index is 12.8. The number of alkyl carbamates (subject to hydrolysis) is 2. The summed E-state index contributed by atoms with van der Waals surface area (Å²) >= 11 is 0. The molecule has 15 heteroatoms. The number of hydrogen-bond acceptors (Lipinski definition) is 12. The van der Waals surface area contributed by atoms with Crippen LogP contribution in [0.1, 0.15) is 85.0 Å². The number of amides is 2. The fourth-order valence-corrected chi connectivity index (χ4v) is 8.19. The summed E-state index contributed by atoms with van der Waals surface area (Å²) in [6, 6.07) is 18.8. The Bertz CT molecular complexity index is 1750. The van der Waals surface area contributed by atoms with Gasteiger partial charge in [0.05, 0.1) is 39.4 Å². The van der Waals surface area contributed by atoms with Gasteiger partial charge in [-0.1, -0.05) is 71.1 Å². The normalized spacial score (nSPS) is 17.7. The molecule has 3 rings (SSSR count). The van der Waals surface area contributed by atoms with Crippen LogP contribution in [-0.4, -0.2) is 108 Å². The molecule has 2 aromatic rings. The molecule has 0 aliphatic heterocycles. The van der Waals surface area contributed by atoms with E-state index in [1.165, 1.54) is 0 Å². The summed E-state index contributed by atoms with van der Waals surface area (Å²) in [4.78, 5) is 48.5. The van der Waals surface area contributed by atoms with Crippen LogP contribution in [0.5, 0.6) is 11.5 Å². The number of esters is 2. The van der Waals surface area contributed by atoms with Gasteiger partial charge in [-0.25, -0.2) is 19.2 Å². The van der Waals surface area contributed by atoms with E-state index in [-0.39, 0.29) is 31.8 Å². The average molecular weight is 939 g/mol. The van der Waals surface area contributed by atoms with E-state index in [1.54, 1.807) is 13.8 Å². The van der Waals surface area contributed by atoms with Crippen molar-refractivity contribution in [2.75, 3.05) is 71.8 Å². The topological polar surface area (TPSA) is 166 Å². The molecule has 66 heavy (non-hydrogen) atoms. The first-order valence-corrected chi connectivity index (χ1v) is 24.7. The third-order valence-electron chi connectivity index (χ3n) is 11.0. The number of hydrogen-bond donors (Lipinski definition) is 2. The lowest BCUT2D eigenvalue weighted by Crippen LogP contribution is -2.38. The van der Waals surface area contributed by atoms with E-state index in [0.29, 0.717) is 102 Å². The van der Waals surface area contributed by atoms with Gasteiger partial charge in [0.1, 0.15) is 24.7 Å². The van der Waals surface area contributed by atoms with Crippen LogP contribution in [0, 0.1) is 17.3 Å². The molecule has 2 amide bonds. The van der Waals surface area contributed by atoms with Crippen LogP contribution in [-0.2, 0) is 38.0 Å². The highest BCUT2D eigenvalue weighted by Gasteiger charge is 2.36. The first-order chi connectivity index (χ1) is 31.9. The Balaban J connectivity index is 1.37. The molecule has 14 nitrogen and oxygen atoms in total. The number of carbonyl (C=O) groups excluding carboxylic acids is 4. The first-order valence-electron chi connectivity index (χ1n) is 23.3. The van der Waals surface area contributed by atoms with Crippen LogP contribution < -0.4 is 20.1 Å². The Kier molecular flexibility index (Phi) is 27.5. The minimum atomic E-state index is -0.616. The number of nitrogens with one attached hydrogen (secondary N) is 2. The van der Waals surface area contributed by atoms with Crippen LogP contribution in [0.3, 0.4) is 0 Å². The molecule has 0 aromatic heterocycles. The van der Waals surface area contributed by atoms with Crippen LogP contribution >= 0.6 is 8.58 Å². The summed E-state index contributed by atoms with van der Waals surface area (Å²) in [7, 11) is 0.590. The van der Waals surface area contributed by atoms with Crippen LogP contribution in [0.4, 0.5) is 9.59 Å². The molecule has 1 aliphatic rings. The summed E-state index contributed by atoms with van der Waals surface area (Å²) < 4.78 is 45.8. The van der Waals surface area contributed by atoms with Crippen molar-refractivity contribution in [3.05, 3.63) is 97.6 Å². The molecule has 1 saturated carbocycles. The summed E-state index contributed by atoms with van der Waals surface area (Å²) in [5.74, 6) is 1.43. The van der Waals surface area contributed by atoms with Crippen molar-refractivity contribution in [3.8, 4) is 11.5 Å². The maximum absolute atomic E-state index is 12.8. The largest absolute Gasteiger partial charge is 0.490 e. The second-order valence-corrected chi connectivity index (χ2v) is 18.4. The highest BCUT2D eigenvalue weighted by atomic mass is 31.1. The van der Waals surface area contributed by atoms with E-state index in [4.69, 9.17) is 37.9 Å². The molecule has 6 unspecified atom stereocenters. The predicted octanol–water partition coefficient (Wildman–Crippen LogP) is 9.58. The van der Waals surface area contributed by atoms with E-state index >= 15 is 0 Å². The number of rotatable bonds is 34. The van der Waals surface area contributed by atoms with Gasteiger partial charge in [0.2, 0.25) is 0 Å². The van der Waals surface area contributed by atoms with Crippen molar-refractivity contribution in [1.29, 1.82) is 0 Å². The molecule has 0 spiro atoms. The maximum Gasteiger partial charge on any atom is 0.407 e. The van der Waals surface area contributed by atoms with Crippen molar-refractivity contribution in [3.63, 3.8) is 0 Å². The van der Waals surface area contributed by atoms with Crippen molar-refractivity contribution in [1.82, 2.24) is 10.6 Å². The summed E-state index contributed by atoms with van der Waals surface area (Å²) in [6.07, 6.45) is 9.85. The molecule has 6 atom stereocenters. The zero-order valence-electron chi connectivity index (χ0n) is 39.5. The van der Waals surface area contributed by atoms with Gasteiger partial charge >= 0.3 is 24.1 Å². The van der Waals surface area contributed by atoms with Crippen molar-refractivity contribution >= 4 is 32.7 Å². The number of para-hydroxylation sites is 2. The first kappa shape index (κ1) is 55.4. The van der Waals surface area contributed by atoms with E-state index < -0.39 is 36.3 Å². The number of carbonyl (C=O) groups is 4. The third kappa shape index (κ3) is 24.6. The molecule has 366 valence electrons. The summed E-state index contributed by atoms with van der Waals surface area (Å²) in [5, 5.41) is 5.61. The number of ether oxygens (including phenoxy) is 8. The van der Waals surface area contributed by atoms with Gasteiger partial charge in [0, 0.05) is 24.2 Å². The van der Waals surface area contributed by atoms with E-state index in [0.717, 1.165) is 51.1 Å². The highest BCUT2D eigenvalue weighted by Crippen LogP contribution is 2.44. The fourth-order valence-electron chi connectivity index (χ4n) is 7.20. The van der Waals surface area contributed by atoms with Gasteiger partial charge in [-0.2, -0.15) is 0 Å². The van der Waals surface area contributed by atoms with Gasteiger partial charge < -0.3 is 48.5 Å². The fraction of sp³-hybridized carbons (Fsp3) is 0.569. The van der Waals surface area contributed by atoms with Crippen molar-refractivity contribution in [2.45, 2.75) is 97.2 Å². The predicted molar refractivity (Wildman–Crippen MR) is 258 cm³/mol. The zero-order chi connectivity index (χ0) is 47.8. The Hall–Kier alpha value is -4.91. The SMILES string of the molecule is C=CC1CC(C)(COCC(COc2ccccc2)OC(=O)NCCCCCOC(=O)C(=C)C)CCC1CCPCOCC(COc1ccccc1)OC(=O)NCCCCCOC(=O)C(=C)C. The minimum absolute atomic E-state index is 0.0587. The molecular formula is C51H75N2O12P. The Morgan fingerprint density at radius 2 is 1.23 bits per heavy atom. The van der Waals surface area contributed by atoms with Crippen molar-refractivity contribution in [2.24, 2.45) is 17.3 Å². The Labute approximate surface area is 394 Å². The number of benzene rings is 2. The second-order valence-electron chi connectivity index (χ2n) is 17.1. The molecule has 0 heterocycles. The lowest BCUT2D eigenvalue weighted by atomic mass is 9.66. The van der Waals surface area contributed by atoms with E-state index in [2.05, 4.69) is 43.4 Å². The molecule has 0 radical (unpaired) electrons. The van der Waals surface area contributed by atoms with Crippen molar-refractivity contribution < 1.29 is 57.1 Å². The van der Waals surface area contributed by atoms with Crippen LogP contribution in [0.15, 0.2) is 97.6 Å². The third-order valence-corrected chi connectivity index (χ3v) is 12.0. The molecule has 2 aromatic carbocycles. The van der Waals surface area contributed by atoms with Gasteiger partial charge in [-0.05, 0) is 126 Å². The zero-order valence-corrected chi connectivity index (χ0v) is 40.5. The van der Waals surface area contributed by atoms with E-state index in [9.17, 15) is 19.2 Å². The van der Waals surface area contributed by atoms with Gasteiger partial charge in [0.15, 0.2) is 12.2 Å². The standard InChI is InChI=1S/C51H75N2O12P/c1-7-41-32-51(6,37-58-33-45(35-62-43-20-12-8-13-21-43)64-49(56)52-27-16-10-18-29-60-47(54)39(2)3)26-24-42(41)25-31-66-38-59-34-46(36-63-44-22-14-9-15-23-44)65-50(57)53-28-17-11-19-30-61-48(55)40(4)5/h7-9,12-15,20-23,41-42,45-46,66H,1-2,4,10-11,16-19,24-38H2,3,5-6H3,(H,52,56)(H,53,57). The molecule has 2 N–H and O–H groups in total. The number of allylic oxidation sites excluding steroid dienone is 1. The molecule has 0 saturated heterocycles. The molecule has 1 fully saturated rings. The monoisotopic (exact) mass is 939 g/mol. The highest BCUT2D eigenvalue weighted by molar-refractivity contribution is 7.37. The van der Waals surface area contributed by atoms with Gasteiger partial charge in [-0.15, -0.1) is 6.58 Å². The Morgan fingerprint density at radius 3 is 1.71 bits per heavy atom. The summed E-state index contributed by atoms with van der Waals surface area (Å²) in [6.45, 7) is 19.6.